The van der Waals surface area contributed by atoms with Crippen LogP contribution in [0.25, 0.3) is 0 Å². The number of aryl methyl sites for hydroxylation is 1. The maximum absolute atomic E-state index is 5.88. The van der Waals surface area contributed by atoms with E-state index >= 15 is 0 Å². The molecule has 24 heavy (non-hydrogen) atoms. The van der Waals surface area contributed by atoms with Crippen LogP contribution in [0.3, 0.4) is 0 Å². The van der Waals surface area contributed by atoms with Gasteiger partial charge in [-0.2, -0.15) is 5.10 Å². The quantitative estimate of drug-likeness (QED) is 0.662. The summed E-state index contributed by atoms with van der Waals surface area (Å²) >= 11 is 0. The Labute approximate surface area is 141 Å². The number of ether oxygens (including phenoxy) is 2. The lowest BCUT2D eigenvalue weighted by atomic mass is 10.3. The first kappa shape index (κ1) is 14.8. The SMILES string of the molecule is Cn1nc(C2CC2)cc1COc1ccc(Oc2ccccc2)cc1. The number of rotatable bonds is 6. The Kier molecular flexibility index (Phi) is 3.95. The first-order valence-electron chi connectivity index (χ1n) is 8.26. The molecule has 1 aliphatic rings. The number of nitrogens with zero attached hydrogens (tertiary/aromatic N) is 2. The van der Waals surface area contributed by atoms with Crippen LogP contribution in [0.2, 0.25) is 0 Å². The summed E-state index contributed by atoms with van der Waals surface area (Å²) in [6.45, 7) is 0.523. The lowest BCUT2D eigenvalue weighted by Crippen LogP contribution is -2.02. The van der Waals surface area contributed by atoms with Crippen molar-refractivity contribution in [2.45, 2.75) is 25.4 Å². The average molecular weight is 320 g/mol. The van der Waals surface area contributed by atoms with E-state index in [1.165, 1.54) is 18.5 Å². The monoisotopic (exact) mass is 320 g/mol. The molecule has 0 spiro atoms. The van der Waals surface area contributed by atoms with Crippen molar-refractivity contribution < 1.29 is 9.47 Å². The Morgan fingerprint density at radius 1 is 0.958 bits per heavy atom. The van der Waals surface area contributed by atoms with Gasteiger partial charge < -0.3 is 9.47 Å². The van der Waals surface area contributed by atoms with E-state index in [9.17, 15) is 0 Å². The van der Waals surface area contributed by atoms with E-state index in [1.807, 2.05) is 66.3 Å². The minimum atomic E-state index is 0.523. The highest BCUT2D eigenvalue weighted by Crippen LogP contribution is 2.39. The van der Waals surface area contributed by atoms with Crippen molar-refractivity contribution in [3.05, 3.63) is 72.1 Å². The normalized spacial score (nSPS) is 13.7. The van der Waals surface area contributed by atoms with E-state index in [0.717, 1.165) is 22.9 Å². The maximum atomic E-state index is 5.88. The third-order valence-corrected chi connectivity index (χ3v) is 4.18. The smallest absolute Gasteiger partial charge is 0.130 e. The minimum Gasteiger partial charge on any atom is -0.487 e. The summed E-state index contributed by atoms with van der Waals surface area (Å²) < 4.78 is 13.6. The molecule has 1 aliphatic carbocycles. The Morgan fingerprint density at radius 2 is 1.62 bits per heavy atom. The van der Waals surface area contributed by atoms with Gasteiger partial charge in [-0.1, -0.05) is 18.2 Å². The predicted molar refractivity (Wildman–Crippen MR) is 92.5 cm³/mol. The van der Waals surface area contributed by atoms with Crippen molar-refractivity contribution in [2.24, 2.45) is 7.05 Å². The molecule has 1 heterocycles. The van der Waals surface area contributed by atoms with Crippen LogP contribution in [-0.2, 0) is 13.7 Å². The zero-order chi connectivity index (χ0) is 16.4. The van der Waals surface area contributed by atoms with Gasteiger partial charge in [0.15, 0.2) is 0 Å². The van der Waals surface area contributed by atoms with Crippen LogP contribution in [-0.4, -0.2) is 9.78 Å². The van der Waals surface area contributed by atoms with Gasteiger partial charge in [0.05, 0.1) is 11.4 Å². The minimum absolute atomic E-state index is 0.523. The van der Waals surface area contributed by atoms with Crippen LogP contribution in [0, 0.1) is 0 Å². The predicted octanol–water partition coefficient (Wildman–Crippen LogP) is 4.67. The molecule has 4 heteroatoms. The molecule has 4 rings (SSSR count). The van der Waals surface area contributed by atoms with Crippen LogP contribution in [0.15, 0.2) is 60.7 Å². The molecule has 3 aromatic rings. The van der Waals surface area contributed by atoms with Gasteiger partial charge in [-0.25, -0.2) is 0 Å². The largest absolute Gasteiger partial charge is 0.487 e. The van der Waals surface area contributed by atoms with Gasteiger partial charge in [0.25, 0.3) is 0 Å². The van der Waals surface area contributed by atoms with Gasteiger partial charge in [-0.15, -0.1) is 0 Å². The zero-order valence-electron chi connectivity index (χ0n) is 13.7. The molecule has 0 N–H and O–H groups in total. The first-order valence-corrected chi connectivity index (χ1v) is 8.26. The van der Waals surface area contributed by atoms with E-state index in [2.05, 4.69) is 11.2 Å². The zero-order valence-corrected chi connectivity index (χ0v) is 13.7. The standard InChI is InChI=1S/C20H20N2O2/c1-22-16(13-20(21-22)15-7-8-15)14-23-17-9-11-19(12-10-17)24-18-5-3-2-4-6-18/h2-6,9-13,15H,7-8,14H2,1H3. The second kappa shape index (κ2) is 6.40. The highest BCUT2D eigenvalue weighted by atomic mass is 16.5. The van der Waals surface area contributed by atoms with Crippen molar-refractivity contribution in [2.75, 3.05) is 0 Å². The van der Waals surface area contributed by atoms with Crippen molar-refractivity contribution in [3.8, 4) is 17.2 Å². The molecule has 1 saturated carbocycles. The Hall–Kier alpha value is -2.75. The molecule has 0 saturated heterocycles. The summed E-state index contributed by atoms with van der Waals surface area (Å²) in [7, 11) is 1.97. The number of hydrogen-bond acceptors (Lipinski definition) is 3. The summed E-state index contributed by atoms with van der Waals surface area (Å²) in [6.07, 6.45) is 2.53. The van der Waals surface area contributed by atoms with Gasteiger partial charge in [-0.3, -0.25) is 4.68 Å². The van der Waals surface area contributed by atoms with E-state index in [1.54, 1.807) is 0 Å². The molecule has 0 amide bonds. The second-order valence-electron chi connectivity index (χ2n) is 6.13. The molecule has 4 nitrogen and oxygen atoms in total. The van der Waals surface area contributed by atoms with Crippen LogP contribution in [0.4, 0.5) is 0 Å². The lowest BCUT2D eigenvalue weighted by Gasteiger charge is -2.08. The summed E-state index contributed by atoms with van der Waals surface area (Å²) in [5.41, 5.74) is 2.30. The maximum Gasteiger partial charge on any atom is 0.130 e. The molecule has 0 unspecified atom stereocenters. The summed E-state index contributed by atoms with van der Waals surface area (Å²) in [4.78, 5) is 0. The van der Waals surface area contributed by atoms with Gasteiger partial charge >= 0.3 is 0 Å². The second-order valence-corrected chi connectivity index (χ2v) is 6.13. The fourth-order valence-corrected chi connectivity index (χ4v) is 2.63. The third-order valence-electron chi connectivity index (χ3n) is 4.18. The van der Waals surface area contributed by atoms with E-state index in [0.29, 0.717) is 12.5 Å². The third kappa shape index (κ3) is 3.43. The van der Waals surface area contributed by atoms with E-state index in [4.69, 9.17) is 9.47 Å². The topological polar surface area (TPSA) is 36.3 Å². The van der Waals surface area contributed by atoms with Crippen LogP contribution >= 0.6 is 0 Å². The van der Waals surface area contributed by atoms with E-state index in [-0.39, 0.29) is 0 Å². The molecular formula is C20H20N2O2. The Balaban J connectivity index is 1.37. The molecule has 1 aromatic heterocycles. The number of benzene rings is 2. The van der Waals surface area contributed by atoms with Gasteiger partial charge in [0.2, 0.25) is 0 Å². The number of hydrogen-bond donors (Lipinski definition) is 0. The molecule has 122 valence electrons. The fourth-order valence-electron chi connectivity index (χ4n) is 2.63. The number of aromatic nitrogens is 2. The lowest BCUT2D eigenvalue weighted by molar-refractivity contribution is 0.294. The average Bonchev–Trinajstić information content (AvgIpc) is 3.39. The van der Waals surface area contributed by atoms with Gasteiger partial charge in [-0.05, 0) is 55.3 Å². The molecule has 0 atom stereocenters. The molecule has 0 bridgehead atoms. The fraction of sp³-hybridized carbons (Fsp3) is 0.250. The molecule has 2 aromatic carbocycles. The molecule has 1 fully saturated rings. The van der Waals surface area contributed by atoms with E-state index < -0.39 is 0 Å². The van der Waals surface area contributed by atoms with Crippen LogP contribution in [0.5, 0.6) is 17.2 Å². The number of para-hydroxylation sites is 1. The summed E-state index contributed by atoms with van der Waals surface area (Å²) in [5.74, 6) is 3.11. The Morgan fingerprint density at radius 3 is 2.33 bits per heavy atom. The van der Waals surface area contributed by atoms with Crippen LogP contribution in [0.1, 0.15) is 30.1 Å². The summed E-state index contributed by atoms with van der Waals surface area (Å²) in [6, 6.07) is 19.6. The van der Waals surface area contributed by atoms with Crippen molar-refractivity contribution in [1.29, 1.82) is 0 Å². The van der Waals surface area contributed by atoms with Gasteiger partial charge in [0, 0.05) is 13.0 Å². The van der Waals surface area contributed by atoms with Gasteiger partial charge in [0.1, 0.15) is 23.9 Å². The molecule has 0 radical (unpaired) electrons. The van der Waals surface area contributed by atoms with Crippen molar-refractivity contribution in [3.63, 3.8) is 0 Å². The highest BCUT2D eigenvalue weighted by Gasteiger charge is 2.26. The highest BCUT2D eigenvalue weighted by molar-refractivity contribution is 5.35. The molecular weight excluding hydrogens is 300 g/mol. The van der Waals surface area contributed by atoms with Crippen LogP contribution < -0.4 is 9.47 Å². The summed E-state index contributed by atoms with van der Waals surface area (Å²) in [5, 5.41) is 4.56. The molecule has 0 aliphatic heterocycles. The Bertz CT molecular complexity index is 805. The van der Waals surface area contributed by atoms with Crippen molar-refractivity contribution in [1.82, 2.24) is 9.78 Å². The van der Waals surface area contributed by atoms with Crippen molar-refractivity contribution >= 4 is 0 Å². The first-order chi connectivity index (χ1) is 11.8.